The lowest BCUT2D eigenvalue weighted by molar-refractivity contribution is 0.480. The molecule has 1 heteroatoms. The van der Waals surface area contributed by atoms with Gasteiger partial charge in [0.25, 0.3) is 0 Å². The van der Waals surface area contributed by atoms with Gasteiger partial charge < -0.3 is 0 Å². The maximum absolute atomic E-state index is 13.1. The Hall–Kier alpha value is -2.07. The SMILES string of the molecule is CC/C=C(/C)c1ccc(C#CC2=CCCC(F)=C2)cc1.CCCC(C)CCC. The van der Waals surface area contributed by atoms with E-state index in [0.29, 0.717) is 6.42 Å². The predicted octanol–water partition coefficient (Wildman–Crippen LogP) is 8.65. The smallest absolute Gasteiger partial charge is 0.101 e. The van der Waals surface area contributed by atoms with Crippen LogP contribution in [0.1, 0.15) is 90.7 Å². The normalized spacial score (nSPS) is 13.8. The van der Waals surface area contributed by atoms with E-state index in [9.17, 15) is 4.39 Å². The first kappa shape index (κ1) is 24.0. The molecule has 0 aliphatic heterocycles. The van der Waals surface area contributed by atoms with Crippen molar-refractivity contribution in [3.05, 3.63) is 65.0 Å². The Morgan fingerprint density at radius 2 is 1.71 bits per heavy atom. The van der Waals surface area contributed by atoms with Crippen LogP contribution in [0.4, 0.5) is 4.39 Å². The Morgan fingerprint density at radius 3 is 2.25 bits per heavy atom. The third-order valence-electron chi connectivity index (χ3n) is 4.82. The molecule has 0 nitrogen and oxygen atoms in total. The van der Waals surface area contributed by atoms with Crippen molar-refractivity contribution in [2.24, 2.45) is 5.92 Å². The zero-order chi connectivity index (χ0) is 20.8. The fourth-order valence-corrected chi connectivity index (χ4v) is 3.27. The van der Waals surface area contributed by atoms with Gasteiger partial charge >= 0.3 is 0 Å². The highest BCUT2D eigenvalue weighted by molar-refractivity contribution is 5.64. The summed E-state index contributed by atoms with van der Waals surface area (Å²) in [6.45, 7) is 11.1. The van der Waals surface area contributed by atoms with E-state index in [4.69, 9.17) is 0 Å². The number of allylic oxidation sites excluding steroid dienone is 6. The molecule has 28 heavy (non-hydrogen) atoms. The summed E-state index contributed by atoms with van der Waals surface area (Å²) in [5.41, 5.74) is 4.24. The average Bonchev–Trinajstić information content (AvgIpc) is 2.68. The van der Waals surface area contributed by atoms with Crippen LogP contribution in [0.5, 0.6) is 0 Å². The van der Waals surface area contributed by atoms with Crippen LogP contribution in [0.3, 0.4) is 0 Å². The lowest BCUT2D eigenvalue weighted by Crippen LogP contribution is -1.91. The highest BCUT2D eigenvalue weighted by Gasteiger charge is 2.02. The molecule has 1 aromatic rings. The minimum absolute atomic E-state index is 0.0764. The average molecular weight is 381 g/mol. The van der Waals surface area contributed by atoms with E-state index in [0.717, 1.165) is 29.9 Å². The molecule has 0 heterocycles. The number of benzene rings is 1. The molecule has 1 aromatic carbocycles. The molecule has 0 N–H and O–H groups in total. The molecule has 0 radical (unpaired) electrons. The van der Waals surface area contributed by atoms with Crippen molar-refractivity contribution < 1.29 is 4.39 Å². The summed E-state index contributed by atoms with van der Waals surface area (Å²) in [7, 11) is 0. The van der Waals surface area contributed by atoms with Gasteiger partial charge in [0.1, 0.15) is 5.83 Å². The summed E-state index contributed by atoms with van der Waals surface area (Å²) in [4.78, 5) is 0. The van der Waals surface area contributed by atoms with E-state index in [2.05, 4.69) is 64.7 Å². The second-order valence-corrected chi connectivity index (χ2v) is 7.59. The van der Waals surface area contributed by atoms with Gasteiger partial charge in [0, 0.05) is 17.6 Å². The highest BCUT2D eigenvalue weighted by Crippen LogP contribution is 2.18. The Labute approximate surface area is 172 Å². The van der Waals surface area contributed by atoms with Gasteiger partial charge in [-0.05, 0) is 55.0 Å². The van der Waals surface area contributed by atoms with Crippen molar-refractivity contribution in [1.29, 1.82) is 0 Å². The fourth-order valence-electron chi connectivity index (χ4n) is 3.27. The van der Waals surface area contributed by atoms with E-state index in [1.54, 1.807) is 0 Å². The Kier molecular flexibility index (Phi) is 12.0. The molecule has 0 amide bonds. The first-order valence-electron chi connectivity index (χ1n) is 10.9. The molecule has 0 unspecified atom stereocenters. The highest BCUT2D eigenvalue weighted by atomic mass is 19.1. The number of rotatable bonds is 6. The number of hydrogen-bond donors (Lipinski definition) is 0. The number of hydrogen-bond acceptors (Lipinski definition) is 0. The van der Waals surface area contributed by atoms with Gasteiger partial charge in [0.2, 0.25) is 0 Å². The van der Waals surface area contributed by atoms with Crippen molar-refractivity contribution >= 4 is 5.57 Å². The van der Waals surface area contributed by atoms with Crippen molar-refractivity contribution in [2.45, 2.75) is 79.6 Å². The van der Waals surface area contributed by atoms with Gasteiger partial charge in [0.15, 0.2) is 0 Å². The van der Waals surface area contributed by atoms with Gasteiger partial charge in [-0.3, -0.25) is 0 Å². The minimum Gasteiger partial charge on any atom is -0.212 e. The summed E-state index contributed by atoms with van der Waals surface area (Å²) in [6, 6.07) is 8.19. The van der Waals surface area contributed by atoms with Crippen molar-refractivity contribution in [1.82, 2.24) is 0 Å². The van der Waals surface area contributed by atoms with Crippen LogP contribution in [-0.2, 0) is 0 Å². The summed E-state index contributed by atoms with van der Waals surface area (Å²) in [5.74, 6) is 6.99. The van der Waals surface area contributed by atoms with Crippen LogP contribution in [0.2, 0.25) is 0 Å². The Morgan fingerprint density at radius 1 is 1.07 bits per heavy atom. The quantitative estimate of drug-likeness (QED) is 0.433. The van der Waals surface area contributed by atoms with Crippen molar-refractivity contribution in [2.75, 3.05) is 0 Å². The third kappa shape index (κ3) is 9.75. The van der Waals surface area contributed by atoms with Crippen LogP contribution in [-0.4, -0.2) is 0 Å². The molecule has 0 bridgehead atoms. The first-order valence-corrected chi connectivity index (χ1v) is 10.9. The maximum atomic E-state index is 13.1. The van der Waals surface area contributed by atoms with Crippen molar-refractivity contribution in [3.8, 4) is 11.8 Å². The lowest BCUT2D eigenvalue weighted by atomic mass is 10.0. The number of halogens is 1. The summed E-state index contributed by atoms with van der Waals surface area (Å²) >= 11 is 0. The molecule has 2 rings (SSSR count). The van der Waals surface area contributed by atoms with Crippen LogP contribution in [0, 0.1) is 17.8 Å². The first-order chi connectivity index (χ1) is 13.5. The fraction of sp³-hybridized carbons (Fsp3) is 0.481. The summed E-state index contributed by atoms with van der Waals surface area (Å²) < 4.78 is 13.1. The van der Waals surface area contributed by atoms with Gasteiger partial charge in [-0.1, -0.05) is 89.5 Å². The molecule has 0 saturated carbocycles. The van der Waals surface area contributed by atoms with Crippen molar-refractivity contribution in [3.63, 3.8) is 0 Å². The largest absolute Gasteiger partial charge is 0.212 e. The molecule has 0 atom stereocenters. The zero-order valence-corrected chi connectivity index (χ0v) is 18.4. The molecule has 0 saturated heterocycles. The minimum atomic E-state index is -0.0764. The lowest BCUT2D eigenvalue weighted by Gasteiger charge is -2.05. The molecule has 1 aliphatic carbocycles. The van der Waals surface area contributed by atoms with Crippen LogP contribution in [0.25, 0.3) is 5.57 Å². The topological polar surface area (TPSA) is 0 Å². The molecule has 0 fully saturated rings. The van der Waals surface area contributed by atoms with Gasteiger partial charge in [0.05, 0.1) is 0 Å². The van der Waals surface area contributed by atoms with E-state index in [1.807, 2.05) is 18.2 Å². The molecule has 152 valence electrons. The monoisotopic (exact) mass is 380 g/mol. The molecule has 0 aromatic heterocycles. The maximum Gasteiger partial charge on any atom is 0.101 e. The second-order valence-electron chi connectivity index (χ2n) is 7.59. The summed E-state index contributed by atoms with van der Waals surface area (Å²) in [6.07, 6.45) is 13.5. The third-order valence-corrected chi connectivity index (χ3v) is 4.82. The van der Waals surface area contributed by atoms with Crippen LogP contribution in [0.15, 0.2) is 53.9 Å². The summed E-state index contributed by atoms with van der Waals surface area (Å²) in [5, 5.41) is 0. The predicted molar refractivity (Wildman–Crippen MR) is 123 cm³/mol. The van der Waals surface area contributed by atoms with Gasteiger partial charge in [-0.15, -0.1) is 0 Å². The molecule has 1 aliphatic rings. The van der Waals surface area contributed by atoms with Crippen LogP contribution >= 0.6 is 0 Å². The van der Waals surface area contributed by atoms with Crippen LogP contribution < -0.4 is 0 Å². The van der Waals surface area contributed by atoms with E-state index >= 15 is 0 Å². The Balaban J connectivity index is 0.000000416. The standard InChI is InChI=1S/C19H19F.C8H18/c1-3-5-15(2)18-12-10-16(11-13-18)8-9-17-6-4-7-19(20)14-17;1-4-6-8(3)7-5-2/h5-6,10-14H,3-4,7H2,1-2H3;8H,4-7H2,1-3H3/b15-5-;. The van der Waals surface area contributed by atoms with Gasteiger partial charge in [-0.25, -0.2) is 4.39 Å². The van der Waals surface area contributed by atoms with E-state index in [1.165, 1.54) is 42.9 Å². The Bertz CT molecular complexity index is 714. The van der Waals surface area contributed by atoms with E-state index < -0.39 is 0 Å². The van der Waals surface area contributed by atoms with E-state index in [-0.39, 0.29) is 5.83 Å². The zero-order valence-electron chi connectivity index (χ0n) is 18.4. The molecular weight excluding hydrogens is 343 g/mol. The van der Waals surface area contributed by atoms with Gasteiger partial charge in [-0.2, -0.15) is 0 Å². The second kappa shape index (κ2) is 14.0. The molecular formula is C27H37F. The molecule has 0 spiro atoms.